The SMILES string of the molecule is CCc1nn(C)c(CC(=O)C2COCCN2)c1Br. The molecule has 18 heavy (non-hydrogen) atoms. The van der Waals surface area contributed by atoms with Crippen LogP contribution in [0, 0.1) is 0 Å². The second-order valence-electron chi connectivity index (χ2n) is 4.41. The minimum absolute atomic E-state index is 0.154. The second kappa shape index (κ2) is 5.95. The van der Waals surface area contributed by atoms with Crippen molar-refractivity contribution in [3.63, 3.8) is 0 Å². The van der Waals surface area contributed by atoms with Crippen molar-refractivity contribution in [3.05, 3.63) is 15.9 Å². The number of halogens is 1. The first-order chi connectivity index (χ1) is 8.63. The summed E-state index contributed by atoms with van der Waals surface area (Å²) in [4.78, 5) is 12.2. The number of hydrogen-bond donors (Lipinski definition) is 1. The van der Waals surface area contributed by atoms with E-state index < -0.39 is 0 Å². The number of ketones is 1. The maximum Gasteiger partial charge on any atom is 0.158 e. The first kappa shape index (κ1) is 13.7. The van der Waals surface area contributed by atoms with E-state index in [1.165, 1.54) is 0 Å². The monoisotopic (exact) mass is 315 g/mol. The third-order valence-electron chi connectivity index (χ3n) is 3.15. The lowest BCUT2D eigenvalue weighted by Gasteiger charge is -2.22. The first-order valence-corrected chi connectivity index (χ1v) is 6.96. The smallest absolute Gasteiger partial charge is 0.158 e. The van der Waals surface area contributed by atoms with E-state index in [0.717, 1.165) is 28.8 Å². The van der Waals surface area contributed by atoms with Gasteiger partial charge in [-0.25, -0.2) is 0 Å². The van der Waals surface area contributed by atoms with Gasteiger partial charge in [-0.2, -0.15) is 5.10 Å². The van der Waals surface area contributed by atoms with Crippen LogP contribution in [0.2, 0.25) is 0 Å². The molecule has 1 unspecified atom stereocenters. The fourth-order valence-electron chi connectivity index (χ4n) is 2.07. The lowest BCUT2D eigenvalue weighted by molar-refractivity contribution is -0.123. The zero-order chi connectivity index (χ0) is 13.1. The van der Waals surface area contributed by atoms with Gasteiger partial charge in [-0.1, -0.05) is 6.92 Å². The highest BCUT2D eigenvalue weighted by molar-refractivity contribution is 9.10. The maximum absolute atomic E-state index is 12.2. The van der Waals surface area contributed by atoms with Crippen molar-refractivity contribution in [2.45, 2.75) is 25.8 Å². The summed E-state index contributed by atoms with van der Waals surface area (Å²) in [7, 11) is 1.87. The van der Waals surface area contributed by atoms with E-state index >= 15 is 0 Å². The number of aryl methyl sites for hydroxylation is 2. The Morgan fingerprint density at radius 2 is 2.44 bits per heavy atom. The van der Waals surface area contributed by atoms with Gasteiger partial charge in [0.25, 0.3) is 0 Å². The van der Waals surface area contributed by atoms with Crippen LogP contribution in [-0.2, 0) is 29.4 Å². The molecule has 0 bridgehead atoms. The molecule has 1 aliphatic heterocycles. The molecule has 1 aliphatic rings. The normalized spacial score (nSPS) is 20.1. The number of nitrogens with one attached hydrogen (secondary N) is 1. The van der Waals surface area contributed by atoms with Gasteiger partial charge in [0.15, 0.2) is 5.78 Å². The fraction of sp³-hybridized carbons (Fsp3) is 0.667. The summed E-state index contributed by atoms with van der Waals surface area (Å²) in [6, 6.07) is -0.189. The Morgan fingerprint density at radius 3 is 3.00 bits per heavy atom. The molecule has 2 rings (SSSR count). The van der Waals surface area contributed by atoms with Crippen LogP contribution >= 0.6 is 15.9 Å². The Balaban J connectivity index is 2.08. The molecule has 0 amide bonds. The maximum atomic E-state index is 12.2. The first-order valence-electron chi connectivity index (χ1n) is 6.17. The quantitative estimate of drug-likeness (QED) is 0.895. The van der Waals surface area contributed by atoms with Crippen LogP contribution in [0.5, 0.6) is 0 Å². The summed E-state index contributed by atoms with van der Waals surface area (Å²) in [6.07, 6.45) is 1.23. The number of Topliss-reactive ketones (excluding diaryl/α,β-unsaturated/α-hetero) is 1. The molecule has 0 aromatic carbocycles. The lowest BCUT2D eigenvalue weighted by atomic mass is 10.1. The average molecular weight is 316 g/mol. The minimum Gasteiger partial charge on any atom is -0.378 e. The lowest BCUT2D eigenvalue weighted by Crippen LogP contribution is -2.47. The molecule has 1 saturated heterocycles. The molecule has 0 saturated carbocycles. The molecule has 1 N–H and O–H groups in total. The van der Waals surface area contributed by atoms with Crippen molar-refractivity contribution in [2.75, 3.05) is 19.8 Å². The van der Waals surface area contributed by atoms with Gasteiger partial charge in [0.2, 0.25) is 0 Å². The Labute approximate surface area is 115 Å². The summed E-state index contributed by atoms with van der Waals surface area (Å²) < 4.78 is 8.05. The van der Waals surface area contributed by atoms with Crippen molar-refractivity contribution in [1.82, 2.24) is 15.1 Å². The van der Waals surface area contributed by atoms with E-state index in [9.17, 15) is 4.79 Å². The molecule has 2 heterocycles. The Hall–Kier alpha value is -0.720. The topological polar surface area (TPSA) is 56.2 Å². The minimum atomic E-state index is -0.189. The number of morpholine rings is 1. The van der Waals surface area contributed by atoms with Gasteiger partial charge in [-0.15, -0.1) is 0 Å². The van der Waals surface area contributed by atoms with E-state index in [-0.39, 0.29) is 11.8 Å². The predicted octanol–water partition coefficient (Wildman–Crippen LogP) is 0.845. The van der Waals surface area contributed by atoms with Crippen molar-refractivity contribution < 1.29 is 9.53 Å². The molecule has 0 aliphatic carbocycles. The van der Waals surface area contributed by atoms with Gasteiger partial charge in [0.05, 0.1) is 41.5 Å². The van der Waals surface area contributed by atoms with Crippen molar-refractivity contribution in [2.24, 2.45) is 7.05 Å². The molecule has 1 atom stereocenters. The highest BCUT2D eigenvalue weighted by Crippen LogP contribution is 2.22. The van der Waals surface area contributed by atoms with Gasteiger partial charge < -0.3 is 10.1 Å². The van der Waals surface area contributed by atoms with Crippen LogP contribution in [0.1, 0.15) is 18.3 Å². The van der Waals surface area contributed by atoms with E-state index in [4.69, 9.17) is 4.74 Å². The van der Waals surface area contributed by atoms with E-state index in [2.05, 4.69) is 33.3 Å². The Kier molecular flexibility index (Phi) is 4.53. The van der Waals surface area contributed by atoms with Crippen LogP contribution in [0.15, 0.2) is 4.47 Å². The van der Waals surface area contributed by atoms with Crippen molar-refractivity contribution >= 4 is 21.7 Å². The number of aromatic nitrogens is 2. The molecule has 100 valence electrons. The number of rotatable bonds is 4. The molecule has 0 spiro atoms. The zero-order valence-corrected chi connectivity index (χ0v) is 12.3. The third-order valence-corrected chi connectivity index (χ3v) is 4.07. The number of carbonyl (C=O) groups excluding carboxylic acids is 1. The predicted molar refractivity (Wildman–Crippen MR) is 71.6 cm³/mol. The number of ether oxygens (including phenoxy) is 1. The molecule has 1 aromatic rings. The van der Waals surface area contributed by atoms with E-state index in [0.29, 0.717) is 19.6 Å². The van der Waals surface area contributed by atoms with Gasteiger partial charge in [-0.3, -0.25) is 9.48 Å². The Bertz CT molecular complexity index is 439. The molecule has 0 radical (unpaired) electrons. The van der Waals surface area contributed by atoms with Crippen LogP contribution in [0.3, 0.4) is 0 Å². The molecular formula is C12H18BrN3O2. The summed E-state index contributed by atoms with van der Waals surface area (Å²) in [5.41, 5.74) is 1.93. The molecule has 1 fully saturated rings. The fourth-order valence-corrected chi connectivity index (χ4v) is 2.83. The van der Waals surface area contributed by atoms with E-state index in [1.807, 2.05) is 7.05 Å². The molecule has 1 aromatic heterocycles. The largest absolute Gasteiger partial charge is 0.378 e. The van der Waals surface area contributed by atoms with Crippen molar-refractivity contribution in [1.29, 1.82) is 0 Å². The van der Waals surface area contributed by atoms with Crippen LogP contribution < -0.4 is 5.32 Å². The average Bonchev–Trinajstić information content (AvgIpc) is 2.67. The van der Waals surface area contributed by atoms with Gasteiger partial charge >= 0.3 is 0 Å². The number of carbonyl (C=O) groups is 1. The van der Waals surface area contributed by atoms with E-state index in [1.54, 1.807) is 4.68 Å². The second-order valence-corrected chi connectivity index (χ2v) is 5.20. The van der Waals surface area contributed by atoms with Crippen LogP contribution in [0.4, 0.5) is 0 Å². The van der Waals surface area contributed by atoms with Gasteiger partial charge in [-0.05, 0) is 22.4 Å². The van der Waals surface area contributed by atoms with Crippen molar-refractivity contribution in [3.8, 4) is 0 Å². The highest BCUT2D eigenvalue weighted by atomic mass is 79.9. The zero-order valence-electron chi connectivity index (χ0n) is 10.7. The summed E-state index contributed by atoms with van der Waals surface area (Å²) in [5, 5.41) is 7.57. The number of hydrogen-bond acceptors (Lipinski definition) is 4. The van der Waals surface area contributed by atoms with Gasteiger partial charge in [0, 0.05) is 13.6 Å². The standard InChI is InChI=1S/C12H18BrN3O2/c1-3-8-12(13)10(16(2)15-8)6-11(17)9-7-18-5-4-14-9/h9,14H,3-7H2,1-2H3. The summed E-state index contributed by atoms with van der Waals surface area (Å²) in [5.74, 6) is 0.154. The molecular weight excluding hydrogens is 298 g/mol. The molecule has 5 nitrogen and oxygen atoms in total. The van der Waals surface area contributed by atoms with Gasteiger partial charge in [0.1, 0.15) is 0 Å². The van der Waals surface area contributed by atoms with Crippen LogP contribution in [-0.4, -0.2) is 41.4 Å². The summed E-state index contributed by atoms with van der Waals surface area (Å²) in [6.45, 7) is 3.94. The summed E-state index contributed by atoms with van der Waals surface area (Å²) >= 11 is 3.53. The number of nitrogens with zero attached hydrogens (tertiary/aromatic N) is 2. The highest BCUT2D eigenvalue weighted by Gasteiger charge is 2.24. The third kappa shape index (κ3) is 2.81. The van der Waals surface area contributed by atoms with Crippen LogP contribution in [0.25, 0.3) is 0 Å². The Morgan fingerprint density at radius 1 is 1.67 bits per heavy atom. The molecule has 6 heteroatoms.